The summed E-state index contributed by atoms with van der Waals surface area (Å²) in [5, 5.41) is 0. The lowest BCUT2D eigenvalue weighted by atomic mass is 9.80. The minimum atomic E-state index is -2.75. The Morgan fingerprint density at radius 2 is 1.53 bits per heavy atom. The van der Waals surface area contributed by atoms with Gasteiger partial charge in [-0.05, 0) is 57.7 Å². The van der Waals surface area contributed by atoms with Crippen LogP contribution in [0, 0.1) is 11.8 Å². The molecule has 0 aromatic heterocycles. The first-order chi connectivity index (χ1) is 7.98. The van der Waals surface area contributed by atoms with Crippen LogP contribution >= 0.6 is 0 Å². The Kier molecular flexibility index (Phi) is 4.10. The minimum Gasteiger partial charge on any atom is -0.327 e. The van der Waals surface area contributed by atoms with Crippen LogP contribution in [0.2, 0.25) is 0 Å². The third-order valence-electron chi connectivity index (χ3n) is 4.45. The van der Waals surface area contributed by atoms with Crippen molar-refractivity contribution in [3.63, 3.8) is 0 Å². The van der Waals surface area contributed by atoms with E-state index in [4.69, 9.17) is 5.73 Å². The van der Waals surface area contributed by atoms with E-state index >= 15 is 0 Å². The molecule has 1 unspecified atom stereocenters. The lowest BCUT2D eigenvalue weighted by Crippen LogP contribution is -2.45. The first-order valence-corrected chi connectivity index (χ1v) is 8.44. The van der Waals surface area contributed by atoms with Gasteiger partial charge in [-0.2, -0.15) is 0 Å². The molecule has 2 saturated heterocycles. The summed E-state index contributed by atoms with van der Waals surface area (Å²) in [6.07, 6.45) is 3.88. The van der Waals surface area contributed by atoms with Gasteiger partial charge in [0.25, 0.3) is 0 Å². The summed E-state index contributed by atoms with van der Waals surface area (Å²) in [6.45, 7) is 2.26. The molecule has 2 aliphatic rings. The van der Waals surface area contributed by atoms with Gasteiger partial charge in [0.2, 0.25) is 0 Å². The van der Waals surface area contributed by atoms with E-state index in [1.54, 1.807) is 0 Å². The van der Waals surface area contributed by atoms with Gasteiger partial charge in [0.1, 0.15) is 9.84 Å². The summed E-state index contributed by atoms with van der Waals surface area (Å²) in [4.78, 5) is 2.34. The highest BCUT2D eigenvalue weighted by Crippen LogP contribution is 2.29. The van der Waals surface area contributed by atoms with Crippen molar-refractivity contribution in [1.29, 1.82) is 0 Å². The van der Waals surface area contributed by atoms with Crippen molar-refractivity contribution in [2.45, 2.75) is 31.7 Å². The number of nitrogens with zero attached hydrogens (tertiary/aromatic N) is 1. The van der Waals surface area contributed by atoms with Crippen molar-refractivity contribution in [2.75, 3.05) is 31.6 Å². The maximum Gasteiger partial charge on any atom is 0.150 e. The van der Waals surface area contributed by atoms with Crippen molar-refractivity contribution in [1.82, 2.24) is 4.90 Å². The van der Waals surface area contributed by atoms with E-state index < -0.39 is 9.84 Å². The molecule has 0 saturated carbocycles. The van der Waals surface area contributed by atoms with Gasteiger partial charge >= 0.3 is 0 Å². The number of sulfone groups is 1. The standard InChI is InChI=1S/C12H24N2O2S/c1-14-6-2-10(3-7-14)12(13)11-4-8-17(15,16)9-5-11/h10-12H,2-9,13H2,1H3. The molecule has 2 heterocycles. The van der Waals surface area contributed by atoms with Crippen LogP contribution in [-0.4, -0.2) is 51.0 Å². The molecule has 0 aliphatic carbocycles. The van der Waals surface area contributed by atoms with Crippen LogP contribution in [0.5, 0.6) is 0 Å². The third kappa shape index (κ3) is 3.42. The molecular formula is C12H24N2O2S. The fourth-order valence-electron chi connectivity index (χ4n) is 3.09. The number of rotatable bonds is 2. The van der Waals surface area contributed by atoms with Gasteiger partial charge in [0, 0.05) is 6.04 Å². The second kappa shape index (κ2) is 5.24. The fraction of sp³-hybridized carbons (Fsp3) is 1.00. The van der Waals surface area contributed by atoms with Crippen LogP contribution in [0.3, 0.4) is 0 Å². The van der Waals surface area contributed by atoms with E-state index in [2.05, 4.69) is 11.9 Å². The molecule has 1 atom stereocenters. The number of nitrogens with two attached hydrogens (primary N) is 1. The predicted octanol–water partition coefficient (Wildman–Crippen LogP) is 0.480. The van der Waals surface area contributed by atoms with Crippen molar-refractivity contribution in [3.8, 4) is 0 Å². The topological polar surface area (TPSA) is 63.4 Å². The zero-order valence-electron chi connectivity index (χ0n) is 10.6. The summed E-state index contributed by atoms with van der Waals surface area (Å²) in [5.41, 5.74) is 6.34. The highest BCUT2D eigenvalue weighted by molar-refractivity contribution is 7.91. The Bertz CT molecular complexity index is 334. The maximum absolute atomic E-state index is 11.4. The summed E-state index contributed by atoms with van der Waals surface area (Å²) in [6, 6.07) is 0.208. The van der Waals surface area contributed by atoms with Crippen LogP contribution in [0.25, 0.3) is 0 Å². The van der Waals surface area contributed by atoms with E-state index in [1.165, 1.54) is 12.8 Å². The predicted molar refractivity (Wildman–Crippen MR) is 69.6 cm³/mol. The van der Waals surface area contributed by atoms with Crippen LogP contribution < -0.4 is 5.73 Å². The third-order valence-corrected chi connectivity index (χ3v) is 6.17. The molecule has 0 amide bonds. The van der Waals surface area contributed by atoms with Crippen LogP contribution in [0.15, 0.2) is 0 Å². The normalized spacial score (nSPS) is 30.2. The summed E-state index contributed by atoms with van der Waals surface area (Å²) >= 11 is 0. The second-order valence-corrected chi connectivity index (χ2v) is 8.01. The largest absolute Gasteiger partial charge is 0.327 e. The lowest BCUT2D eigenvalue weighted by molar-refractivity contribution is 0.169. The number of piperidine rings is 1. The Morgan fingerprint density at radius 1 is 1.06 bits per heavy atom. The van der Waals surface area contributed by atoms with Crippen molar-refractivity contribution in [2.24, 2.45) is 17.6 Å². The van der Waals surface area contributed by atoms with Crippen LogP contribution in [0.4, 0.5) is 0 Å². The van der Waals surface area contributed by atoms with Crippen LogP contribution in [0.1, 0.15) is 25.7 Å². The smallest absolute Gasteiger partial charge is 0.150 e. The number of hydrogen-bond donors (Lipinski definition) is 1. The Labute approximate surface area is 104 Å². The van der Waals surface area contributed by atoms with E-state index in [0.29, 0.717) is 23.3 Å². The molecule has 0 aromatic rings. The van der Waals surface area contributed by atoms with Crippen LogP contribution in [-0.2, 0) is 9.84 Å². The molecule has 2 fully saturated rings. The molecule has 0 radical (unpaired) electrons. The molecule has 5 heteroatoms. The Balaban J connectivity index is 1.86. The van der Waals surface area contributed by atoms with Gasteiger partial charge in [-0.25, -0.2) is 8.42 Å². The van der Waals surface area contributed by atoms with Gasteiger partial charge < -0.3 is 10.6 Å². The SMILES string of the molecule is CN1CCC(C(N)C2CCS(=O)(=O)CC2)CC1. The molecule has 2 rings (SSSR count). The first-order valence-electron chi connectivity index (χ1n) is 6.62. The molecule has 0 spiro atoms. The van der Waals surface area contributed by atoms with Gasteiger partial charge in [0.15, 0.2) is 0 Å². The van der Waals surface area contributed by atoms with Gasteiger partial charge in [-0.15, -0.1) is 0 Å². The van der Waals surface area contributed by atoms with E-state index in [1.807, 2.05) is 0 Å². The monoisotopic (exact) mass is 260 g/mol. The quantitative estimate of drug-likeness (QED) is 0.784. The zero-order valence-corrected chi connectivity index (χ0v) is 11.5. The fourth-order valence-corrected chi connectivity index (χ4v) is 4.62. The summed E-state index contributed by atoms with van der Waals surface area (Å²) in [5.74, 6) is 1.71. The zero-order chi connectivity index (χ0) is 12.5. The lowest BCUT2D eigenvalue weighted by Gasteiger charge is -2.37. The summed E-state index contributed by atoms with van der Waals surface area (Å²) < 4.78 is 22.8. The molecule has 0 aromatic carbocycles. The van der Waals surface area contributed by atoms with Gasteiger partial charge in [-0.3, -0.25) is 0 Å². The average Bonchev–Trinajstić information content (AvgIpc) is 2.29. The molecule has 0 bridgehead atoms. The van der Waals surface area contributed by atoms with E-state index in [9.17, 15) is 8.42 Å². The second-order valence-electron chi connectivity index (χ2n) is 5.71. The highest BCUT2D eigenvalue weighted by Gasteiger charge is 2.32. The molecule has 4 nitrogen and oxygen atoms in total. The number of likely N-dealkylation sites (tertiary alicyclic amines) is 1. The van der Waals surface area contributed by atoms with E-state index in [-0.39, 0.29) is 6.04 Å². The van der Waals surface area contributed by atoms with Crippen molar-refractivity contribution >= 4 is 9.84 Å². The van der Waals surface area contributed by atoms with Gasteiger partial charge in [-0.1, -0.05) is 0 Å². The molecule has 17 heavy (non-hydrogen) atoms. The van der Waals surface area contributed by atoms with Crippen molar-refractivity contribution < 1.29 is 8.42 Å². The average molecular weight is 260 g/mol. The molecule has 100 valence electrons. The number of hydrogen-bond acceptors (Lipinski definition) is 4. The molecular weight excluding hydrogens is 236 g/mol. The Morgan fingerprint density at radius 3 is 2.06 bits per heavy atom. The summed E-state index contributed by atoms with van der Waals surface area (Å²) in [7, 11) is -0.605. The highest BCUT2D eigenvalue weighted by atomic mass is 32.2. The van der Waals surface area contributed by atoms with Gasteiger partial charge in [0.05, 0.1) is 11.5 Å². The molecule has 2 aliphatic heterocycles. The maximum atomic E-state index is 11.4. The molecule has 2 N–H and O–H groups in total. The van der Waals surface area contributed by atoms with E-state index in [0.717, 1.165) is 25.9 Å². The minimum absolute atomic E-state index is 0.208. The first kappa shape index (κ1) is 13.3. The Hall–Kier alpha value is -0.130. The van der Waals surface area contributed by atoms with Crippen molar-refractivity contribution in [3.05, 3.63) is 0 Å².